The van der Waals surface area contributed by atoms with Gasteiger partial charge in [-0.2, -0.15) is 0 Å². The van der Waals surface area contributed by atoms with E-state index in [1.54, 1.807) is 37.5 Å². The molecule has 1 N–H and O–H groups in total. The molecule has 0 unspecified atom stereocenters. The second kappa shape index (κ2) is 9.00. The topological polar surface area (TPSA) is 93.2 Å². The van der Waals surface area contributed by atoms with Gasteiger partial charge in [-0.25, -0.2) is 21.6 Å². The Morgan fingerprint density at radius 3 is 2.52 bits per heavy atom. The Hall–Kier alpha value is -2.55. The average molecular weight is 485 g/mol. The summed E-state index contributed by atoms with van der Waals surface area (Å²) in [5, 5.41) is 0. The first kappa shape index (κ1) is 23.6. The molecule has 33 heavy (non-hydrogen) atoms. The van der Waals surface area contributed by atoms with Gasteiger partial charge in [0, 0.05) is 18.9 Å². The minimum Gasteiger partial charge on any atom is -0.264 e. The Labute approximate surface area is 196 Å². The van der Waals surface area contributed by atoms with Crippen molar-refractivity contribution in [3.05, 3.63) is 82.7 Å². The Morgan fingerprint density at radius 1 is 1.06 bits per heavy atom. The van der Waals surface area contributed by atoms with Crippen molar-refractivity contribution in [2.24, 2.45) is 0 Å². The van der Waals surface area contributed by atoms with Crippen LogP contribution in [0.1, 0.15) is 47.6 Å². The third kappa shape index (κ3) is 4.47. The molecule has 0 amide bonds. The normalized spacial score (nSPS) is 15.0. The van der Waals surface area contributed by atoms with Crippen LogP contribution in [-0.4, -0.2) is 28.4 Å². The highest BCUT2D eigenvalue weighted by molar-refractivity contribution is 7.92. The highest BCUT2D eigenvalue weighted by Crippen LogP contribution is 2.39. The maximum Gasteiger partial charge on any atom is 0.240 e. The van der Waals surface area contributed by atoms with E-state index in [1.807, 2.05) is 32.0 Å². The summed E-state index contributed by atoms with van der Waals surface area (Å²) in [7, 11) is -7.78. The number of nitrogens with zero attached hydrogens (tertiary/aromatic N) is 1. The third-order valence-electron chi connectivity index (χ3n) is 6.15. The molecular weight excluding hydrogens is 456 g/mol. The van der Waals surface area contributed by atoms with Gasteiger partial charge in [0.05, 0.1) is 14.7 Å². The molecule has 174 valence electrons. The standard InChI is InChI=1S/C25H28N2O4S2/c1-17(2)25-18(3)23(33(30,31)27-14-12-19-7-6-13-26-16-19)15-24-21(25)11-10-20-8-4-5-9-22(20)32(24,28)29/h4-9,13,15-17,27H,10-12,14H2,1-3H3. The SMILES string of the molecule is Cc1c(S(=O)(=O)NCCc2cccnc2)cc2c(c1C(C)C)CCc1ccccc1S2(=O)=O. The summed E-state index contributed by atoms with van der Waals surface area (Å²) < 4.78 is 56.6. The van der Waals surface area contributed by atoms with Crippen LogP contribution in [-0.2, 0) is 39.1 Å². The van der Waals surface area contributed by atoms with Gasteiger partial charge in [-0.1, -0.05) is 38.1 Å². The van der Waals surface area contributed by atoms with E-state index in [4.69, 9.17) is 0 Å². The summed E-state index contributed by atoms with van der Waals surface area (Å²) in [6.07, 6.45) is 4.99. The molecule has 0 spiro atoms. The molecule has 8 heteroatoms. The Kier molecular flexibility index (Phi) is 6.44. The Morgan fingerprint density at radius 2 is 1.82 bits per heavy atom. The third-order valence-corrected chi connectivity index (χ3v) is 9.66. The number of rotatable bonds is 6. The van der Waals surface area contributed by atoms with E-state index in [2.05, 4.69) is 9.71 Å². The van der Waals surface area contributed by atoms with Crippen molar-refractivity contribution in [1.82, 2.24) is 9.71 Å². The van der Waals surface area contributed by atoms with Gasteiger partial charge in [0.1, 0.15) is 0 Å². The highest BCUT2D eigenvalue weighted by Gasteiger charge is 2.33. The number of aryl methyl sites for hydroxylation is 1. The lowest BCUT2D eigenvalue weighted by Crippen LogP contribution is -2.27. The smallest absolute Gasteiger partial charge is 0.240 e. The zero-order valence-corrected chi connectivity index (χ0v) is 20.6. The summed E-state index contributed by atoms with van der Waals surface area (Å²) in [5.74, 6) is -0.0271. The van der Waals surface area contributed by atoms with Crippen LogP contribution in [0.3, 0.4) is 0 Å². The molecule has 4 rings (SSSR count). The molecule has 1 aromatic heterocycles. The van der Waals surface area contributed by atoms with Gasteiger partial charge in [0.2, 0.25) is 19.9 Å². The molecular formula is C25H28N2O4S2. The predicted octanol–water partition coefficient (Wildman–Crippen LogP) is 3.97. The van der Waals surface area contributed by atoms with E-state index in [1.165, 1.54) is 6.07 Å². The van der Waals surface area contributed by atoms with Crippen molar-refractivity contribution in [1.29, 1.82) is 0 Å². The fourth-order valence-corrected chi connectivity index (χ4v) is 7.87. The number of sulfone groups is 1. The molecule has 0 aliphatic carbocycles. The fourth-order valence-electron chi connectivity index (χ4n) is 4.67. The van der Waals surface area contributed by atoms with Crippen LogP contribution >= 0.6 is 0 Å². The second-order valence-electron chi connectivity index (χ2n) is 8.66. The van der Waals surface area contributed by atoms with Crippen LogP contribution in [0.5, 0.6) is 0 Å². The van der Waals surface area contributed by atoms with Crippen LogP contribution in [0.25, 0.3) is 0 Å². The van der Waals surface area contributed by atoms with Crippen LogP contribution in [0.4, 0.5) is 0 Å². The van der Waals surface area contributed by atoms with E-state index < -0.39 is 19.9 Å². The minimum atomic E-state index is -3.92. The van der Waals surface area contributed by atoms with Crippen molar-refractivity contribution in [2.45, 2.75) is 60.6 Å². The summed E-state index contributed by atoms with van der Waals surface area (Å²) in [6.45, 7) is 5.91. The fraction of sp³-hybridized carbons (Fsp3) is 0.320. The number of aromatic nitrogens is 1. The Bertz CT molecular complexity index is 1400. The van der Waals surface area contributed by atoms with Crippen LogP contribution < -0.4 is 4.72 Å². The molecule has 0 bridgehead atoms. The molecule has 2 heterocycles. The number of nitrogens with one attached hydrogen (secondary N) is 1. The van der Waals surface area contributed by atoms with Crippen molar-refractivity contribution in [2.75, 3.05) is 6.54 Å². The van der Waals surface area contributed by atoms with Gasteiger partial charge in [-0.3, -0.25) is 4.98 Å². The molecule has 0 saturated carbocycles. The van der Waals surface area contributed by atoms with Crippen molar-refractivity contribution < 1.29 is 16.8 Å². The van der Waals surface area contributed by atoms with E-state index in [0.29, 0.717) is 24.8 Å². The second-order valence-corrected chi connectivity index (χ2v) is 12.3. The number of hydrogen-bond acceptors (Lipinski definition) is 5. The first-order chi connectivity index (χ1) is 15.6. The summed E-state index contributed by atoms with van der Waals surface area (Å²) in [5.41, 5.74) is 3.82. The van der Waals surface area contributed by atoms with E-state index >= 15 is 0 Å². The van der Waals surface area contributed by atoms with Gasteiger partial charge in [0.15, 0.2) is 0 Å². The number of pyridine rings is 1. The number of hydrogen-bond donors (Lipinski definition) is 1. The maximum atomic E-state index is 13.7. The van der Waals surface area contributed by atoms with E-state index in [9.17, 15) is 16.8 Å². The molecule has 0 fully saturated rings. The first-order valence-corrected chi connectivity index (χ1v) is 14.0. The molecule has 0 atom stereocenters. The molecule has 6 nitrogen and oxygen atoms in total. The summed E-state index contributed by atoms with van der Waals surface area (Å²) in [4.78, 5) is 4.44. The predicted molar refractivity (Wildman–Crippen MR) is 128 cm³/mol. The average Bonchev–Trinajstić information content (AvgIpc) is 2.88. The summed E-state index contributed by atoms with van der Waals surface area (Å²) in [6, 6.07) is 12.0. The molecule has 1 aliphatic heterocycles. The van der Waals surface area contributed by atoms with Gasteiger partial charge >= 0.3 is 0 Å². The highest BCUT2D eigenvalue weighted by atomic mass is 32.2. The lowest BCUT2D eigenvalue weighted by molar-refractivity contribution is 0.579. The quantitative estimate of drug-likeness (QED) is 0.572. The molecule has 3 aromatic rings. The van der Waals surface area contributed by atoms with Gasteiger partial charge < -0.3 is 0 Å². The zero-order valence-electron chi connectivity index (χ0n) is 19.0. The molecule has 1 aliphatic rings. The van der Waals surface area contributed by atoms with Crippen molar-refractivity contribution in [3.63, 3.8) is 0 Å². The van der Waals surface area contributed by atoms with Gasteiger partial charge in [0.25, 0.3) is 0 Å². The van der Waals surface area contributed by atoms with Gasteiger partial charge in [-0.05, 0) is 78.1 Å². The van der Waals surface area contributed by atoms with Crippen LogP contribution in [0, 0.1) is 6.92 Å². The number of benzene rings is 2. The zero-order chi connectivity index (χ0) is 23.8. The molecule has 0 radical (unpaired) electrons. The first-order valence-electron chi connectivity index (χ1n) is 11.0. The monoisotopic (exact) mass is 484 g/mol. The van der Waals surface area contributed by atoms with Crippen molar-refractivity contribution >= 4 is 19.9 Å². The molecule has 2 aromatic carbocycles. The number of sulfonamides is 1. The van der Waals surface area contributed by atoms with Crippen molar-refractivity contribution in [3.8, 4) is 0 Å². The lowest BCUT2D eigenvalue weighted by atomic mass is 9.89. The Balaban J connectivity index is 1.81. The van der Waals surface area contributed by atoms with E-state index in [0.717, 1.165) is 22.3 Å². The number of fused-ring (bicyclic) bond motifs is 2. The van der Waals surface area contributed by atoms with Gasteiger partial charge in [-0.15, -0.1) is 0 Å². The molecule has 0 saturated heterocycles. The lowest BCUT2D eigenvalue weighted by Gasteiger charge is -2.22. The minimum absolute atomic E-state index is 0.0269. The summed E-state index contributed by atoms with van der Waals surface area (Å²) >= 11 is 0. The van der Waals surface area contributed by atoms with E-state index in [-0.39, 0.29) is 27.1 Å². The van der Waals surface area contributed by atoms with Crippen LogP contribution in [0.15, 0.2) is 69.5 Å². The maximum absolute atomic E-state index is 13.7. The largest absolute Gasteiger partial charge is 0.264 e. The van der Waals surface area contributed by atoms with Crippen LogP contribution in [0.2, 0.25) is 0 Å².